The molecule has 3 aliphatic rings. The lowest BCUT2D eigenvalue weighted by molar-refractivity contribution is 0.0731. The van der Waals surface area contributed by atoms with E-state index in [-0.39, 0.29) is 11.4 Å². The lowest BCUT2D eigenvalue weighted by Gasteiger charge is -2.33. The Morgan fingerprint density at radius 3 is 2.67 bits per heavy atom. The van der Waals surface area contributed by atoms with Gasteiger partial charge in [-0.05, 0) is 33.1 Å². The summed E-state index contributed by atoms with van der Waals surface area (Å²) in [7, 11) is 0. The molecule has 10 nitrogen and oxygen atoms in total. The summed E-state index contributed by atoms with van der Waals surface area (Å²) in [4.78, 5) is 35.6. The van der Waals surface area contributed by atoms with Gasteiger partial charge in [0.25, 0.3) is 5.91 Å². The molecule has 0 spiro atoms. The van der Waals surface area contributed by atoms with Crippen LogP contribution in [0.3, 0.4) is 0 Å². The lowest BCUT2D eigenvalue weighted by atomic mass is 10.0. The summed E-state index contributed by atoms with van der Waals surface area (Å²) in [5.74, 6) is 2.11. The number of nitrogens with zero attached hydrogens (tertiary/aromatic N) is 6. The number of furan rings is 1. The third-order valence-electron chi connectivity index (χ3n) is 6.88. The number of ether oxygens (including phenoxy) is 1. The van der Waals surface area contributed by atoms with Crippen molar-refractivity contribution in [3.63, 3.8) is 0 Å². The van der Waals surface area contributed by atoms with Crippen LogP contribution in [-0.4, -0.2) is 69.1 Å². The topological polar surface area (TPSA) is 110 Å². The van der Waals surface area contributed by atoms with E-state index in [2.05, 4.69) is 37.1 Å². The first-order valence-corrected chi connectivity index (χ1v) is 11.5. The van der Waals surface area contributed by atoms with Crippen LogP contribution in [0.5, 0.6) is 0 Å². The molecule has 33 heavy (non-hydrogen) atoms. The second-order valence-corrected chi connectivity index (χ2v) is 9.32. The number of nitrogens with one attached hydrogen (secondary N) is 1. The minimum atomic E-state index is -0.0813. The highest BCUT2D eigenvalue weighted by Crippen LogP contribution is 2.40. The molecule has 6 rings (SSSR count). The Kier molecular flexibility index (Phi) is 4.72. The normalized spacial score (nSPS) is 19.5. The molecular weight excluding hydrogens is 422 g/mol. The van der Waals surface area contributed by atoms with Crippen LogP contribution >= 0.6 is 0 Å². The fourth-order valence-corrected chi connectivity index (χ4v) is 4.71. The number of hydrogen-bond acceptors (Lipinski definition) is 9. The van der Waals surface area contributed by atoms with E-state index in [0.717, 1.165) is 43.0 Å². The molecule has 10 heteroatoms. The molecule has 2 fully saturated rings. The summed E-state index contributed by atoms with van der Waals surface area (Å²) in [5.41, 5.74) is 3.01. The summed E-state index contributed by atoms with van der Waals surface area (Å²) in [6.07, 6.45) is 5.94. The van der Waals surface area contributed by atoms with Crippen LogP contribution < -0.4 is 10.2 Å². The van der Waals surface area contributed by atoms with Gasteiger partial charge >= 0.3 is 0 Å². The zero-order chi connectivity index (χ0) is 22.6. The van der Waals surface area contributed by atoms with E-state index in [0.29, 0.717) is 61.0 Å². The van der Waals surface area contributed by atoms with Crippen molar-refractivity contribution in [1.29, 1.82) is 0 Å². The molecule has 3 aromatic rings. The number of carbonyl (C=O) groups is 1. The molecule has 1 aliphatic carbocycles. The molecule has 0 aromatic carbocycles. The van der Waals surface area contributed by atoms with Gasteiger partial charge in [-0.3, -0.25) is 4.79 Å². The second-order valence-electron chi connectivity index (χ2n) is 9.32. The van der Waals surface area contributed by atoms with Gasteiger partial charge in [0.15, 0.2) is 0 Å². The minimum absolute atomic E-state index is 0.0175. The SMILES string of the molecule is Cc1oc2ncnc(NC3(C)CC3)c2c1C(=O)N1CCc2c(ncnc2N2CCOCC2)C1. The quantitative estimate of drug-likeness (QED) is 0.642. The first-order chi connectivity index (χ1) is 16.0. The van der Waals surface area contributed by atoms with Gasteiger partial charge < -0.3 is 24.3 Å². The third kappa shape index (κ3) is 3.58. The molecule has 0 atom stereocenters. The van der Waals surface area contributed by atoms with Crippen molar-refractivity contribution < 1.29 is 13.9 Å². The van der Waals surface area contributed by atoms with Gasteiger partial charge in [0.1, 0.15) is 30.1 Å². The van der Waals surface area contributed by atoms with Crippen LogP contribution in [0.15, 0.2) is 17.1 Å². The van der Waals surface area contributed by atoms with E-state index >= 15 is 0 Å². The largest absolute Gasteiger partial charge is 0.442 e. The van der Waals surface area contributed by atoms with E-state index < -0.39 is 0 Å². The maximum atomic E-state index is 13.7. The smallest absolute Gasteiger partial charge is 0.258 e. The van der Waals surface area contributed by atoms with Gasteiger partial charge in [0.05, 0.1) is 36.4 Å². The van der Waals surface area contributed by atoms with Crippen molar-refractivity contribution >= 4 is 28.6 Å². The third-order valence-corrected chi connectivity index (χ3v) is 6.88. The molecule has 1 amide bonds. The molecule has 0 radical (unpaired) electrons. The molecule has 0 unspecified atom stereocenters. The van der Waals surface area contributed by atoms with Crippen LogP contribution in [0.2, 0.25) is 0 Å². The molecule has 5 heterocycles. The van der Waals surface area contributed by atoms with E-state index in [4.69, 9.17) is 9.15 Å². The highest BCUT2D eigenvalue weighted by molar-refractivity contribution is 6.10. The molecule has 0 bridgehead atoms. The molecule has 1 saturated carbocycles. The summed E-state index contributed by atoms with van der Waals surface area (Å²) in [5, 5.41) is 4.15. The number of carbonyl (C=O) groups excluding carboxylic acids is 1. The fraction of sp³-hybridized carbons (Fsp3) is 0.522. The maximum absolute atomic E-state index is 13.7. The number of hydrogen-bond donors (Lipinski definition) is 1. The van der Waals surface area contributed by atoms with E-state index in [9.17, 15) is 4.79 Å². The minimum Gasteiger partial charge on any atom is -0.442 e. The van der Waals surface area contributed by atoms with Gasteiger partial charge in [-0.15, -0.1) is 0 Å². The van der Waals surface area contributed by atoms with Crippen molar-refractivity contribution in [3.05, 3.63) is 35.2 Å². The number of amides is 1. The van der Waals surface area contributed by atoms with Gasteiger partial charge in [-0.2, -0.15) is 0 Å². The van der Waals surface area contributed by atoms with Gasteiger partial charge in [0.2, 0.25) is 5.71 Å². The van der Waals surface area contributed by atoms with Crippen molar-refractivity contribution in [1.82, 2.24) is 24.8 Å². The summed E-state index contributed by atoms with van der Waals surface area (Å²) in [6.45, 7) is 8.05. The Labute approximate surface area is 191 Å². The predicted octanol–water partition coefficient (Wildman–Crippen LogP) is 2.32. The Bertz CT molecular complexity index is 1230. The van der Waals surface area contributed by atoms with Crippen molar-refractivity contribution in [2.45, 2.75) is 45.2 Å². The molecule has 1 N–H and O–H groups in total. The lowest BCUT2D eigenvalue weighted by Crippen LogP contribution is -2.40. The average Bonchev–Trinajstić information content (AvgIpc) is 3.46. The highest BCUT2D eigenvalue weighted by Gasteiger charge is 2.39. The van der Waals surface area contributed by atoms with Gasteiger partial charge in [0, 0.05) is 30.7 Å². The number of aromatic nitrogens is 4. The molecule has 172 valence electrons. The summed E-state index contributed by atoms with van der Waals surface area (Å²) >= 11 is 0. The van der Waals surface area contributed by atoms with E-state index in [1.54, 1.807) is 6.33 Å². The number of morpholine rings is 1. The van der Waals surface area contributed by atoms with Crippen molar-refractivity contribution in [2.24, 2.45) is 0 Å². The standard InChI is InChI=1S/C23H27N7O3/c1-14-17(18-19(28-23(2)4-5-23)25-13-27-21(18)33-14)22(31)30-6-3-15-16(11-30)24-12-26-20(15)29-7-9-32-10-8-29/h12-13H,3-11H2,1-2H3,(H,25,27,28). The van der Waals surface area contributed by atoms with Gasteiger partial charge in [-0.1, -0.05) is 0 Å². The molecule has 3 aromatic heterocycles. The number of aryl methyl sites for hydroxylation is 1. The van der Waals surface area contributed by atoms with Crippen molar-refractivity contribution in [2.75, 3.05) is 43.1 Å². The van der Waals surface area contributed by atoms with Crippen LogP contribution in [0.4, 0.5) is 11.6 Å². The maximum Gasteiger partial charge on any atom is 0.258 e. The Hall–Kier alpha value is -3.27. The Balaban J connectivity index is 1.32. The van der Waals surface area contributed by atoms with Gasteiger partial charge in [-0.25, -0.2) is 19.9 Å². The summed E-state index contributed by atoms with van der Waals surface area (Å²) < 4.78 is 11.4. The number of fused-ring (bicyclic) bond motifs is 2. The predicted molar refractivity (Wildman–Crippen MR) is 121 cm³/mol. The van der Waals surface area contributed by atoms with Crippen LogP contribution in [0.25, 0.3) is 11.1 Å². The van der Waals surface area contributed by atoms with E-state index in [1.165, 1.54) is 6.33 Å². The van der Waals surface area contributed by atoms with E-state index in [1.807, 2.05) is 11.8 Å². The Morgan fingerprint density at radius 1 is 1.09 bits per heavy atom. The first kappa shape index (κ1) is 20.3. The highest BCUT2D eigenvalue weighted by atomic mass is 16.5. The average molecular weight is 450 g/mol. The van der Waals surface area contributed by atoms with Crippen molar-refractivity contribution in [3.8, 4) is 0 Å². The molecular formula is C23H27N7O3. The van der Waals surface area contributed by atoms with Crippen LogP contribution in [-0.2, 0) is 17.7 Å². The number of anilines is 2. The fourth-order valence-electron chi connectivity index (χ4n) is 4.71. The molecule has 1 saturated heterocycles. The molecule has 2 aliphatic heterocycles. The Morgan fingerprint density at radius 2 is 1.88 bits per heavy atom. The summed E-state index contributed by atoms with van der Waals surface area (Å²) in [6, 6.07) is 0. The zero-order valence-corrected chi connectivity index (χ0v) is 18.9. The van der Waals surface area contributed by atoms with Crippen LogP contribution in [0.1, 0.15) is 47.1 Å². The number of rotatable bonds is 4. The first-order valence-electron chi connectivity index (χ1n) is 11.5. The van der Waals surface area contributed by atoms with Crippen LogP contribution in [0, 0.1) is 6.92 Å². The second kappa shape index (κ2) is 7.65. The monoisotopic (exact) mass is 449 g/mol. The zero-order valence-electron chi connectivity index (χ0n) is 18.9.